The average Bonchev–Trinajstić information content (AvgIpc) is 2.75. The number of halogens is 1. The predicted octanol–water partition coefficient (Wildman–Crippen LogP) is 3.65. The smallest absolute Gasteiger partial charge is 0.238 e. The second kappa shape index (κ2) is 10.3. The summed E-state index contributed by atoms with van der Waals surface area (Å²) in [6.07, 6.45) is 1.66. The number of hydrogen-bond donors (Lipinski definition) is 2. The molecule has 30 heavy (non-hydrogen) atoms. The number of piperidine rings is 1. The zero-order chi connectivity index (χ0) is 21.5. The zero-order valence-electron chi connectivity index (χ0n) is 17.1. The lowest BCUT2D eigenvalue weighted by Gasteiger charge is -2.31. The molecular formula is C22H26ClN3O4. The number of ether oxygens (including phenoxy) is 2. The monoisotopic (exact) mass is 431 g/mol. The van der Waals surface area contributed by atoms with Crippen LogP contribution < -0.4 is 20.1 Å². The summed E-state index contributed by atoms with van der Waals surface area (Å²) in [7, 11) is 3.02. The Bertz CT molecular complexity index is 891. The largest absolute Gasteiger partial charge is 0.495 e. The molecule has 0 aliphatic carbocycles. The molecule has 0 spiro atoms. The summed E-state index contributed by atoms with van der Waals surface area (Å²) < 4.78 is 10.5. The fourth-order valence-electron chi connectivity index (χ4n) is 3.53. The summed E-state index contributed by atoms with van der Waals surface area (Å²) in [5, 5.41) is 6.20. The molecule has 1 heterocycles. The summed E-state index contributed by atoms with van der Waals surface area (Å²) in [6, 6.07) is 12.6. The van der Waals surface area contributed by atoms with Crippen molar-refractivity contribution in [2.45, 2.75) is 12.8 Å². The van der Waals surface area contributed by atoms with Gasteiger partial charge in [-0.2, -0.15) is 0 Å². The van der Waals surface area contributed by atoms with E-state index in [1.165, 1.54) is 14.2 Å². The van der Waals surface area contributed by atoms with Crippen LogP contribution in [0.25, 0.3) is 0 Å². The fourth-order valence-corrected chi connectivity index (χ4v) is 3.76. The molecule has 1 aliphatic heterocycles. The first kappa shape index (κ1) is 21.9. The maximum Gasteiger partial charge on any atom is 0.238 e. The van der Waals surface area contributed by atoms with Gasteiger partial charge in [-0.25, -0.2) is 0 Å². The molecule has 3 rings (SSSR count). The molecule has 2 amide bonds. The van der Waals surface area contributed by atoms with Crippen LogP contribution in [0.3, 0.4) is 0 Å². The number of methoxy groups -OCH3 is 2. The Balaban J connectivity index is 1.58. The quantitative estimate of drug-likeness (QED) is 0.699. The Morgan fingerprint density at radius 1 is 1.10 bits per heavy atom. The van der Waals surface area contributed by atoms with Gasteiger partial charge >= 0.3 is 0 Å². The minimum absolute atomic E-state index is 0.0181. The summed E-state index contributed by atoms with van der Waals surface area (Å²) in [6.45, 7) is 1.49. The molecule has 1 unspecified atom stereocenters. The van der Waals surface area contributed by atoms with E-state index in [-0.39, 0.29) is 24.3 Å². The maximum atomic E-state index is 12.6. The highest BCUT2D eigenvalue weighted by atomic mass is 35.5. The second-order valence-corrected chi connectivity index (χ2v) is 7.57. The molecule has 8 heteroatoms. The van der Waals surface area contributed by atoms with Gasteiger partial charge in [-0.1, -0.05) is 29.8 Å². The van der Waals surface area contributed by atoms with Crippen molar-refractivity contribution in [3.63, 3.8) is 0 Å². The molecule has 0 saturated carbocycles. The SMILES string of the molecule is COc1cc(NC(=O)CN2CCCC(C(=O)Nc3ccccc3)C2)c(OC)cc1Cl. The number of nitrogens with one attached hydrogen (secondary N) is 2. The average molecular weight is 432 g/mol. The third-order valence-electron chi connectivity index (χ3n) is 5.03. The van der Waals surface area contributed by atoms with Crippen LogP contribution in [0.15, 0.2) is 42.5 Å². The molecule has 7 nitrogen and oxygen atoms in total. The normalized spacial score (nSPS) is 16.6. The van der Waals surface area contributed by atoms with Gasteiger partial charge in [0.15, 0.2) is 0 Å². The highest BCUT2D eigenvalue weighted by molar-refractivity contribution is 6.32. The van der Waals surface area contributed by atoms with Crippen LogP contribution in [0, 0.1) is 5.92 Å². The lowest BCUT2D eigenvalue weighted by molar-refractivity contribution is -0.123. The number of para-hydroxylation sites is 1. The molecule has 1 fully saturated rings. The van der Waals surface area contributed by atoms with Crippen LogP contribution in [0.5, 0.6) is 11.5 Å². The molecule has 0 bridgehead atoms. The van der Waals surface area contributed by atoms with E-state index < -0.39 is 0 Å². The maximum absolute atomic E-state index is 12.6. The van der Waals surface area contributed by atoms with Crippen molar-refractivity contribution in [2.75, 3.05) is 44.5 Å². The van der Waals surface area contributed by atoms with E-state index in [1.54, 1.807) is 12.1 Å². The summed E-state index contributed by atoms with van der Waals surface area (Å²) >= 11 is 6.11. The van der Waals surface area contributed by atoms with Gasteiger partial charge in [0.25, 0.3) is 0 Å². The number of carbonyl (C=O) groups excluding carboxylic acids is 2. The number of hydrogen-bond acceptors (Lipinski definition) is 5. The number of carbonyl (C=O) groups is 2. The molecule has 0 radical (unpaired) electrons. The lowest BCUT2D eigenvalue weighted by Crippen LogP contribution is -2.44. The Kier molecular flexibility index (Phi) is 7.54. The first-order valence-corrected chi connectivity index (χ1v) is 10.2. The Hall–Kier alpha value is -2.77. The van der Waals surface area contributed by atoms with Gasteiger partial charge in [0.05, 0.1) is 37.4 Å². The summed E-state index contributed by atoms with van der Waals surface area (Å²) in [5.74, 6) is 0.533. The predicted molar refractivity (Wildman–Crippen MR) is 117 cm³/mol. The molecule has 0 aromatic heterocycles. The van der Waals surface area contributed by atoms with E-state index in [9.17, 15) is 9.59 Å². The van der Waals surface area contributed by atoms with Crippen LogP contribution in [-0.2, 0) is 9.59 Å². The van der Waals surface area contributed by atoms with Crippen LogP contribution in [0.4, 0.5) is 11.4 Å². The highest BCUT2D eigenvalue weighted by Gasteiger charge is 2.27. The second-order valence-electron chi connectivity index (χ2n) is 7.16. The van der Waals surface area contributed by atoms with Crippen LogP contribution in [-0.4, -0.2) is 50.6 Å². The molecule has 1 atom stereocenters. The van der Waals surface area contributed by atoms with Crippen molar-refractivity contribution < 1.29 is 19.1 Å². The van der Waals surface area contributed by atoms with Gasteiger partial charge in [-0.15, -0.1) is 0 Å². The van der Waals surface area contributed by atoms with Crippen molar-refractivity contribution in [1.82, 2.24) is 4.90 Å². The number of nitrogens with zero attached hydrogens (tertiary/aromatic N) is 1. The topological polar surface area (TPSA) is 79.9 Å². The van der Waals surface area contributed by atoms with Crippen LogP contribution in [0.1, 0.15) is 12.8 Å². The fraction of sp³-hybridized carbons (Fsp3) is 0.364. The third kappa shape index (κ3) is 5.64. The van der Waals surface area contributed by atoms with Crippen molar-refractivity contribution in [3.8, 4) is 11.5 Å². The number of anilines is 2. The van der Waals surface area contributed by atoms with Gasteiger partial charge in [0.2, 0.25) is 11.8 Å². The van der Waals surface area contributed by atoms with E-state index in [4.69, 9.17) is 21.1 Å². The molecule has 2 aromatic rings. The Morgan fingerprint density at radius 2 is 1.83 bits per heavy atom. The van der Waals surface area contributed by atoms with Crippen molar-refractivity contribution in [3.05, 3.63) is 47.5 Å². The molecule has 160 valence electrons. The Morgan fingerprint density at radius 3 is 2.53 bits per heavy atom. The standard InChI is InChI=1S/C22H26ClN3O4/c1-29-19-12-18(20(30-2)11-17(19)23)25-21(27)14-26-10-6-7-15(13-26)22(28)24-16-8-4-3-5-9-16/h3-5,8-9,11-12,15H,6-7,10,13-14H2,1-2H3,(H,24,28)(H,25,27). The summed E-state index contributed by atoms with van der Waals surface area (Å²) in [5.41, 5.74) is 1.26. The molecule has 1 aliphatic rings. The van der Waals surface area contributed by atoms with Crippen LogP contribution in [0.2, 0.25) is 5.02 Å². The summed E-state index contributed by atoms with van der Waals surface area (Å²) in [4.78, 5) is 27.2. The van der Waals surface area contributed by atoms with Gasteiger partial charge in [0.1, 0.15) is 11.5 Å². The molecular weight excluding hydrogens is 406 g/mol. The third-order valence-corrected chi connectivity index (χ3v) is 5.33. The van der Waals surface area contributed by atoms with E-state index >= 15 is 0 Å². The van der Waals surface area contributed by atoms with Gasteiger partial charge < -0.3 is 20.1 Å². The highest BCUT2D eigenvalue weighted by Crippen LogP contribution is 2.35. The molecule has 2 N–H and O–H groups in total. The first-order chi connectivity index (χ1) is 14.5. The van der Waals surface area contributed by atoms with E-state index in [2.05, 4.69) is 10.6 Å². The van der Waals surface area contributed by atoms with Crippen LogP contribution >= 0.6 is 11.6 Å². The van der Waals surface area contributed by atoms with Gasteiger partial charge in [-0.05, 0) is 31.5 Å². The molecule has 2 aromatic carbocycles. The zero-order valence-corrected chi connectivity index (χ0v) is 17.9. The number of likely N-dealkylation sites (tertiary alicyclic amines) is 1. The van der Waals surface area contributed by atoms with E-state index in [0.717, 1.165) is 25.1 Å². The van der Waals surface area contributed by atoms with E-state index in [0.29, 0.717) is 28.8 Å². The van der Waals surface area contributed by atoms with Crippen molar-refractivity contribution in [1.29, 1.82) is 0 Å². The number of rotatable bonds is 7. The first-order valence-electron chi connectivity index (χ1n) is 9.79. The number of benzene rings is 2. The van der Waals surface area contributed by atoms with Gasteiger partial charge in [-0.3, -0.25) is 14.5 Å². The minimum atomic E-state index is -0.193. The van der Waals surface area contributed by atoms with Gasteiger partial charge in [0, 0.05) is 24.4 Å². The Labute approximate surface area is 181 Å². The van der Waals surface area contributed by atoms with Crippen molar-refractivity contribution in [2.24, 2.45) is 5.92 Å². The van der Waals surface area contributed by atoms with E-state index in [1.807, 2.05) is 35.2 Å². The minimum Gasteiger partial charge on any atom is -0.495 e. The van der Waals surface area contributed by atoms with Crippen molar-refractivity contribution >= 4 is 34.8 Å². The lowest BCUT2D eigenvalue weighted by atomic mass is 9.97. The molecule has 1 saturated heterocycles. The number of amides is 2.